The number of nitrogens with zero attached hydrogens (tertiary/aromatic N) is 3. The van der Waals surface area contributed by atoms with E-state index in [0.29, 0.717) is 36.0 Å². The number of carbonyl (C=O) groups excluding carboxylic acids is 1. The lowest BCUT2D eigenvalue weighted by molar-refractivity contribution is -0.127. The van der Waals surface area contributed by atoms with Crippen LogP contribution in [-0.4, -0.2) is 39.9 Å². The molecule has 0 aliphatic carbocycles. The van der Waals surface area contributed by atoms with Gasteiger partial charge in [0.1, 0.15) is 17.4 Å². The highest BCUT2D eigenvalue weighted by Gasteiger charge is 2.24. The first-order valence-corrected chi connectivity index (χ1v) is 11.3. The molecule has 0 unspecified atom stereocenters. The first kappa shape index (κ1) is 22.6. The smallest absolute Gasteiger partial charge is 0.266 e. The van der Waals surface area contributed by atoms with Crippen LogP contribution < -0.4 is 10.3 Å². The van der Waals surface area contributed by atoms with Crippen LogP contribution in [0.3, 0.4) is 0 Å². The maximum atomic E-state index is 13.0. The van der Waals surface area contributed by atoms with E-state index in [0.717, 1.165) is 29.2 Å². The van der Waals surface area contributed by atoms with E-state index in [-0.39, 0.29) is 23.5 Å². The van der Waals surface area contributed by atoms with Gasteiger partial charge in [-0.2, -0.15) is 5.26 Å². The fourth-order valence-corrected chi connectivity index (χ4v) is 4.54. The number of rotatable bonds is 6. The molecule has 7 nitrogen and oxygen atoms in total. The first-order chi connectivity index (χ1) is 14.9. The summed E-state index contributed by atoms with van der Waals surface area (Å²) in [6.07, 6.45) is 1.65. The molecule has 1 aromatic heterocycles. The summed E-state index contributed by atoms with van der Waals surface area (Å²) in [5, 5.41) is 9.95. The monoisotopic (exact) mass is 438 g/mol. The lowest BCUT2D eigenvalue weighted by Crippen LogP contribution is -2.39. The largest absolute Gasteiger partial charge is 0.494 e. The summed E-state index contributed by atoms with van der Waals surface area (Å²) >= 11 is 1.58. The summed E-state index contributed by atoms with van der Waals surface area (Å²) < 4.78 is 5.47. The Kier molecular flexibility index (Phi) is 7.53. The molecule has 2 aromatic rings. The van der Waals surface area contributed by atoms with Crippen molar-refractivity contribution in [2.45, 2.75) is 40.0 Å². The number of aliphatic imine (C=N–C) groups is 1. The van der Waals surface area contributed by atoms with Gasteiger partial charge < -0.3 is 9.72 Å². The molecule has 31 heavy (non-hydrogen) atoms. The van der Waals surface area contributed by atoms with Crippen molar-refractivity contribution in [2.24, 2.45) is 4.99 Å². The Bertz CT molecular complexity index is 1080. The van der Waals surface area contributed by atoms with Gasteiger partial charge in [-0.1, -0.05) is 11.8 Å². The van der Waals surface area contributed by atoms with Crippen molar-refractivity contribution in [1.82, 2.24) is 9.88 Å². The minimum atomic E-state index is -0.384. The molecule has 1 N–H and O–H groups in total. The van der Waals surface area contributed by atoms with Crippen LogP contribution in [0.15, 0.2) is 34.1 Å². The molecule has 2 heterocycles. The van der Waals surface area contributed by atoms with Crippen molar-refractivity contribution >= 4 is 28.5 Å². The highest BCUT2D eigenvalue weighted by Crippen LogP contribution is 2.25. The molecule has 1 aromatic carbocycles. The number of carbonyl (C=O) groups is 1. The molecular formula is C23H26N4O3S. The predicted octanol–water partition coefficient (Wildman–Crippen LogP) is 3.85. The van der Waals surface area contributed by atoms with Gasteiger partial charge in [-0.15, -0.1) is 0 Å². The molecule has 1 amide bonds. The minimum absolute atomic E-state index is 0.0135. The number of ether oxygens (including phenoxy) is 1. The van der Waals surface area contributed by atoms with Gasteiger partial charge in [0, 0.05) is 24.4 Å². The van der Waals surface area contributed by atoms with Gasteiger partial charge in [-0.25, -0.2) is 4.99 Å². The second-order valence-electron chi connectivity index (χ2n) is 7.24. The van der Waals surface area contributed by atoms with Crippen molar-refractivity contribution in [3.63, 3.8) is 0 Å². The number of benzene rings is 1. The first-order valence-electron chi connectivity index (χ1n) is 10.3. The summed E-state index contributed by atoms with van der Waals surface area (Å²) in [5.41, 5.74) is 2.69. The van der Waals surface area contributed by atoms with Gasteiger partial charge in [-0.3, -0.25) is 14.5 Å². The second kappa shape index (κ2) is 10.3. The predicted molar refractivity (Wildman–Crippen MR) is 123 cm³/mol. The van der Waals surface area contributed by atoms with Gasteiger partial charge in [-0.05, 0) is 69.0 Å². The number of aryl methyl sites for hydroxylation is 1. The number of pyridine rings is 1. The maximum absolute atomic E-state index is 13.0. The van der Waals surface area contributed by atoms with Crippen LogP contribution in [0.25, 0.3) is 0 Å². The number of aromatic nitrogens is 1. The summed E-state index contributed by atoms with van der Waals surface area (Å²) in [5.74, 6) is 1.70. The number of nitriles is 1. The third-order valence-electron chi connectivity index (χ3n) is 5.17. The summed E-state index contributed by atoms with van der Waals surface area (Å²) in [6, 6.07) is 9.46. The molecule has 0 bridgehead atoms. The van der Waals surface area contributed by atoms with Gasteiger partial charge >= 0.3 is 0 Å². The van der Waals surface area contributed by atoms with Crippen molar-refractivity contribution < 1.29 is 9.53 Å². The fraction of sp³-hybridized carbons (Fsp3) is 0.391. The second-order valence-corrected chi connectivity index (χ2v) is 8.30. The number of thioether (sulfide) groups is 1. The number of hydrogen-bond donors (Lipinski definition) is 1. The van der Waals surface area contributed by atoms with Crippen LogP contribution in [0, 0.1) is 25.2 Å². The molecule has 0 spiro atoms. The number of hydrogen-bond acceptors (Lipinski definition) is 6. The van der Waals surface area contributed by atoms with Crippen molar-refractivity contribution in [3.05, 3.63) is 57.0 Å². The zero-order valence-corrected chi connectivity index (χ0v) is 18.8. The molecule has 1 aliphatic rings. The highest BCUT2D eigenvalue weighted by molar-refractivity contribution is 8.13. The summed E-state index contributed by atoms with van der Waals surface area (Å²) in [7, 11) is 0. The summed E-state index contributed by atoms with van der Waals surface area (Å²) in [4.78, 5) is 34.1. The Balaban J connectivity index is 1.76. The van der Waals surface area contributed by atoms with Gasteiger partial charge in [0.2, 0.25) is 5.91 Å². The molecular weight excluding hydrogens is 412 g/mol. The average Bonchev–Trinajstić information content (AvgIpc) is 2.75. The Morgan fingerprint density at radius 3 is 2.74 bits per heavy atom. The van der Waals surface area contributed by atoms with Gasteiger partial charge in [0.25, 0.3) is 5.56 Å². The van der Waals surface area contributed by atoms with Crippen molar-refractivity contribution in [1.29, 1.82) is 5.26 Å². The quantitative estimate of drug-likeness (QED) is 0.739. The molecule has 3 rings (SSSR count). The molecule has 8 heteroatoms. The van der Waals surface area contributed by atoms with Crippen LogP contribution in [0.2, 0.25) is 0 Å². The molecule has 162 valence electrons. The van der Waals surface area contributed by atoms with E-state index in [1.54, 1.807) is 30.5 Å². The lowest BCUT2D eigenvalue weighted by atomic mass is 9.99. The molecule has 1 aliphatic heterocycles. The van der Waals surface area contributed by atoms with Gasteiger partial charge in [0.15, 0.2) is 5.17 Å². The van der Waals surface area contributed by atoms with E-state index in [4.69, 9.17) is 4.74 Å². The summed E-state index contributed by atoms with van der Waals surface area (Å²) in [6.45, 7) is 6.74. The van der Waals surface area contributed by atoms with E-state index in [2.05, 4.69) is 9.98 Å². The number of amides is 1. The van der Waals surface area contributed by atoms with E-state index >= 15 is 0 Å². The molecule has 0 atom stereocenters. The third-order valence-corrected chi connectivity index (χ3v) is 6.23. The topological polar surface area (TPSA) is 98.5 Å². The van der Waals surface area contributed by atoms with Crippen LogP contribution in [0.4, 0.5) is 5.69 Å². The Labute approximate surface area is 186 Å². The van der Waals surface area contributed by atoms with Crippen molar-refractivity contribution in [2.75, 3.05) is 18.9 Å². The molecule has 1 fully saturated rings. The molecule has 1 saturated heterocycles. The molecule has 0 saturated carbocycles. The normalized spacial score (nSPS) is 15.0. The van der Waals surface area contributed by atoms with E-state index in [9.17, 15) is 14.9 Å². The van der Waals surface area contributed by atoms with Gasteiger partial charge in [0.05, 0.1) is 12.3 Å². The standard InChI is InChI=1S/C23H26N4O3S/c1-4-30-18-8-6-17(7-9-18)26-23-27(12-5-13-31-23)21(28)11-10-19-15(2)20(14-24)22(29)25-16(19)3/h6-9H,4-5,10-13H2,1-3H3,(H,25,29). The van der Waals surface area contributed by atoms with Crippen LogP contribution >= 0.6 is 11.8 Å². The third kappa shape index (κ3) is 5.36. The van der Waals surface area contributed by atoms with E-state index in [1.165, 1.54) is 0 Å². The van der Waals surface area contributed by atoms with Crippen LogP contribution in [-0.2, 0) is 11.2 Å². The van der Waals surface area contributed by atoms with Crippen LogP contribution in [0.1, 0.15) is 42.1 Å². The zero-order chi connectivity index (χ0) is 22.4. The number of amidine groups is 1. The maximum Gasteiger partial charge on any atom is 0.266 e. The zero-order valence-electron chi connectivity index (χ0n) is 18.0. The number of H-pyrrole nitrogens is 1. The Morgan fingerprint density at radius 2 is 2.06 bits per heavy atom. The Morgan fingerprint density at radius 1 is 1.32 bits per heavy atom. The van der Waals surface area contributed by atoms with Crippen LogP contribution in [0.5, 0.6) is 5.75 Å². The number of aromatic amines is 1. The number of nitrogens with one attached hydrogen (secondary N) is 1. The van der Waals surface area contributed by atoms with Crippen molar-refractivity contribution in [3.8, 4) is 11.8 Å². The minimum Gasteiger partial charge on any atom is -0.494 e. The lowest BCUT2D eigenvalue weighted by Gasteiger charge is -2.28. The van der Waals surface area contributed by atoms with E-state index in [1.807, 2.05) is 37.3 Å². The SMILES string of the molecule is CCOc1ccc(N=C2SCCCN2C(=O)CCc2c(C)[nH]c(=O)c(C#N)c2C)cc1. The van der Waals surface area contributed by atoms with E-state index < -0.39 is 0 Å². The Hall–Kier alpha value is -3.05. The average molecular weight is 439 g/mol. The highest BCUT2D eigenvalue weighted by atomic mass is 32.2. The molecule has 0 radical (unpaired) electrons. The fourth-order valence-electron chi connectivity index (χ4n) is 3.56.